The van der Waals surface area contributed by atoms with Crippen LogP contribution in [0.2, 0.25) is 5.02 Å². The molecule has 1 nitrogen and oxygen atoms in total. The van der Waals surface area contributed by atoms with Crippen molar-refractivity contribution in [3.63, 3.8) is 0 Å². The Morgan fingerprint density at radius 1 is 1.47 bits per heavy atom. The Balaban J connectivity index is 2.76. The van der Waals surface area contributed by atoms with Crippen LogP contribution in [0.15, 0.2) is 18.2 Å². The molecular weight excluding hydrogens is 237 g/mol. The molecule has 3 heteroatoms. The summed E-state index contributed by atoms with van der Waals surface area (Å²) in [7, 11) is 0. The number of hydrogen-bond donors (Lipinski definition) is 1. The molecule has 0 aliphatic rings. The van der Waals surface area contributed by atoms with Crippen LogP contribution >= 0.6 is 11.6 Å². The normalized spacial score (nSPS) is 11.8. The number of nitrogens with one attached hydrogen (secondary N) is 1. The van der Waals surface area contributed by atoms with E-state index in [4.69, 9.17) is 11.6 Å². The monoisotopic (exact) mass is 253 g/mol. The highest BCUT2D eigenvalue weighted by Crippen LogP contribution is 2.19. The third-order valence-electron chi connectivity index (χ3n) is 2.52. The first-order valence-corrected chi connectivity index (χ1v) is 6.12. The zero-order valence-corrected chi connectivity index (χ0v) is 10.9. The predicted octanol–water partition coefficient (Wildman–Crippen LogP) is 3.41. The van der Waals surface area contributed by atoms with E-state index < -0.39 is 0 Å². The number of likely N-dealkylation sites (N-methyl/N-ethyl adjacent to an activating group) is 1. The molecule has 0 aliphatic heterocycles. The van der Waals surface area contributed by atoms with Gasteiger partial charge in [-0.05, 0) is 31.5 Å². The van der Waals surface area contributed by atoms with E-state index in [0.29, 0.717) is 12.0 Å². The lowest BCUT2D eigenvalue weighted by molar-refractivity contribution is 0.517. The van der Waals surface area contributed by atoms with E-state index in [1.165, 1.54) is 0 Å². The zero-order valence-electron chi connectivity index (χ0n) is 10.2. The largest absolute Gasteiger partial charge is 0.313 e. The molecule has 1 rings (SSSR count). The highest BCUT2D eigenvalue weighted by molar-refractivity contribution is 6.30. The number of hydrogen-bond acceptors (Lipinski definition) is 1. The Morgan fingerprint density at radius 3 is 2.88 bits per heavy atom. The van der Waals surface area contributed by atoms with Crippen molar-refractivity contribution in [2.24, 2.45) is 0 Å². The van der Waals surface area contributed by atoms with Gasteiger partial charge in [-0.25, -0.2) is 4.39 Å². The fourth-order valence-corrected chi connectivity index (χ4v) is 1.90. The maximum absolute atomic E-state index is 13.7. The predicted molar refractivity (Wildman–Crippen MR) is 70.6 cm³/mol. The van der Waals surface area contributed by atoms with Gasteiger partial charge in [0.2, 0.25) is 0 Å². The Bertz CT molecular complexity index is 420. The van der Waals surface area contributed by atoms with Gasteiger partial charge in [0.05, 0.1) is 5.02 Å². The second-order valence-corrected chi connectivity index (χ2v) is 4.21. The van der Waals surface area contributed by atoms with Gasteiger partial charge in [-0.1, -0.05) is 30.7 Å². The highest BCUT2D eigenvalue weighted by Gasteiger charge is 2.12. The van der Waals surface area contributed by atoms with Crippen LogP contribution in [0, 0.1) is 17.7 Å². The van der Waals surface area contributed by atoms with Gasteiger partial charge >= 0.3 is 0 Å². The summed E-state index contributed by atoms with van der Waals surface area (Å²) in [5.74, 6) is 5.56. The first-order chi connectivity index (χ1) is 8.19. The minimum absolute atomic E-state index is 0.167. The summed E-state index contributed by atoms with van der Waals surface area (Å²) in [6.07, 6.45) is 1.32. The number of halogens is 2. The Morgan fingerprint density at radius 2 is 2.24 bits per heavy atom. The molecule has 0 aromatic heterocycles. The van der Waals surface area contributed by atoms with Crippen molar-refractivity contribution < 1.29 is 4.39 Å². The van der Waals surface area contributed by atoms with E-state index in [-0.39, 0.29) is 16.9 Å². The van der Waals surface area contributed by atoms with Gasteiger partial charge < -0.3 is 5.32 Å². The number of rotatable bonds is 5. The van der Waals surface area contributed by atoms with Gasteiger partial charge in [0.15, 0.2) is 0 Å². The lowest BCUT2D eigenvalue weighted by atomic mass is 10.0. The van der Waals surface area contributed by atoms with Crippen molar-refractivity contribution in [1.29, 1.82) is 0 Å². The molecule has 0 heterocycles. The second kappa shape index (κ2) is 7.32. The summed E-state index contributed by atoms with van der Waals surface area (Å²) < 4.78 is 13.7. The van der Waals surface area contributed by atoms with Crippen molar-refractivity contribution in [3.05, 3.63) is 34.6 Å². The Labute approximate surface area is 107 Å². The lowest BCUT2D eigenvalue weighted by Gasteiger charge is -2.15. The molecule has 0 spiro atoms. The molecule has 1 atom stereocenters. The smallest absolute Gasteiger partial charge is 0.145 e. The van der Waals surface area contributed by atoms with E-state index in [0.717, 1.165) is 13.0 Å². The third kappa shape index (κ3) is 4.38. The van der Waals surface area contributed by atoms with E-state index >= 15 is 0 Å². The topological polar surface area (TPSA) is 12.0 Å². The maximum Gasteiger partial charge on any atom is 0.145 e. The number of benzene rings is 1. The molecule has 0 saturated heterocycles. The summed E-state index contributed by atoms with van der Waals surface area (Å²) in [4.78, 5) is 0. The van der Waals surface area contributed by atoms with Crippen LogP contribution in [0.5, 0.6) is 0 Å². The molecule has 0 fully saturated rings. The van der Waals surface area contributed by atoms with Gasteiger partial charge in [0.1, 0.15) is 5.82 Å². The Hall–Kier alpha value is -1.04. The van der Waals surface area contributed by atoms with E-state index in [1.54, 1.807) is 18.2 Å². The van der Waals surface area contributed by atoms with Gasteiger partial charge in [-0.2, -0.15) is 0 Å². The van der Waals surface area contributed by atoms with E-state index in [1.807, 2.05) is 13.8 Å². The molecular formula is C14H17ClFN. The van der Waals surface area contributed by atoms with E-state index in [9.17, 15) is 4.39 Å². The van der Waals surface area contributed by atoms with Gasteiger partial charge in [0, 0.05) is 12.5 Å². The molecule has 1 unspecified atom stereocenters. The fourth-order valence-electron chi connectivity index (χ4n) is 1.70. The molecule has 1 aromatic rings. The van der Waals surface area contributed by atoms with Crippen LogP contribution < -0.4 is 5.32 Å². The second-order valence-electron chi connectivity index (χ2n) is 3.80. The summed E-state index contributed by atoms with van der Waals surface area (Å²) in [6, 6.07) is 5.27. The molecule has 0 bridgehead atoms. The van der Waals surface area contributed by atoms with Gasteiger partial charge in [-0.15, -0.1) is 11.8 Å². The van der Waals surface area contributed by atoms with E-state index in [2.05, 4.69) is 17.2 Å². The lowest BCUT2D eigenvalue weighted by Crippen LogP contribution is -2.30. The first-order valence-electron chi connectivity index (χ1n) is 5.74. The van der Waals surface area contributed by atoms with Crippen LogP contribution in [-0.2, 0) is 6.42 Å². The molecule has 1 N–H and O–H groups in total. The van der Waals surface area contributed by atoms with Crippen LogP contribution in [-0.4, -0.2) is 12.6 Å². The van der Waals surface area contributed by atoms with Crippen LogP contribution in [0.3, 0.4) is 0 Å². The minimum atomic E-state index is -0.318. The molecule has 1 aromatic carbocycles. The van der Waals surface area contributed by atoms with Gasteiger partial charge in [-0.3, -0.25) is 0 Å². The van der Waals surface area contributed by atoms with Crippen LogP contribution in [0.4, 0.5) is 4.39 Å². The maximum atomic E-state index is 13.7. The first kappa shape index (κ1) is 14.0. The quantitative estimate of drug-likeness (QED) is 0.793. The van der Waals surface area contributed by atoms with Crippen LogP contribution in [0.25, 0.3) is 0 Å². The standard InChI is InChI=1S/C14H17ClFN/c1-3-5-8-12(17-4-2)10-11-7-6-9-13(15)14(11)16/h6-7,9,12,17H,4,8,10H2,1-2H3. The van der Waals surface area contributed by atoms with Crippen molar-refractivity contribution >= 4 is 11.6 Å². The SMILES string of the molecule is CC#CCC(Cc1cccc(Cl)c1F)NCC. The van der Waals surface area contributed by atoms with Crippen molar-refractivity contribution in [2.75, 3.05) is 6.54 Å². The highest BCUT2D eigenvalue weighted by atomic mass is 35.5. The third-order valence-corrected chi connectivity index (χ3v) is 2.81. The summed E-state index contributed by atoms with van der Waals surface area (Å²) in [5, 5.41) is 3.48. The minimum Gasteiger partial charge on any atom is -0.313 e. The van der Waals surface area contributed by atoms with Crippen molar-refractivity contribution in [2.45, 2.75) is 32.7 Å². The zero-order chi connectivity index (χ0) is 12.7. The average molecular weight is 254 g/mol. The molecule has 92 valence electrons. The molecule has 17 heavy (non-hydrogen) atoms. The van der Waals surface area contributed by atoms with Crippen molar-refractivity contribution in [3.8, 4) is 11.8 Å². The van der Waals surface area contributed by atoms with Crippen molar-refractivity contribution in [1.82, 2.24) is 5.32 Å². The summed E-state index contributed by atoms with van der Waals surface area (Å²) in [5.41, 5.74) is 0.640. The molecule has 0 radical (unpaired) electrons. The molecule has 0 aliphatic carbocycles. The molecule has 0 saturated carbocycles. The fraction of sp³-hybridized carbons (Fsp3) is 0.429. The average Bonchev–Trinajstić information content (AvgIpc) is 2.32. The Kier molecular flexibility index (Phi) is 6.04. The summed E-state index contributed by atoms with van der Waals surface area (Å²) in [6.45, 7) is 4.68. The van der Waals surface area contributed by atoms with Gasteiger partial charge in [0.25, 0.3) is 0 Å². The summed E-state index contributed by atoms with van der Waals surface area (Å²) >= 11 is 5.76. The van der Waals surface area contributed by atoms with Crippen LogP contribution in [0.1, 0.15) is 25.8 Å². The molecule has 0 amide bonds.